The molecule has 0 spiro atoms. The summed E-state index contributed by atoms with van der Waals surface area (Å²) in [5.74, 6) is 4.02. The van der Waals surface area contributed by atoms with Crippen molar-refractivity contribution in [3.05, 3.63) is 0 Å². The van der Waals surface area contributed by atoms with E-state index in [2.05, 4.69) is 31.1 Å². The Bertz CT molecular complexity index is 342. The highest BCUT2D eigenvalue weighted by molar-refractivity contribution is 5.09. The van der Waals surface area contributed by atoms with E-state index in [4.69, 9.17) is 0 Å². The van der Waals surface area contributed by atoms with Crippen molar-refractivity contribution in [1.29, 1.82) is 0 Å². The molecular formula is C18H32N2. The van der Waals surface area contributed by atoms with Crippen LogP contribution in [0.3, 0.4) is 0 Å². The van der Waals surface area contributed by atoms with Crippen LogP contribution in [0.2, 0.25) is 0 Å². The first-order valence-corrected chi connectivity index (χ1v) is 9.05. The molecule has 0 aromatic rings. The number of piperidine rings is 1. The van der Waals surface area contributed by atoms with Gasteiger partial charge in [0.15, 0.2) is 0 Å². The molecule has 2 nitrogen and oxygen atoms in total. The van der Waals surface area contributed by atoms with Crippen LogP contribution in [-0.4, -0.2) is 36.1 Å². The van der Waals surface area contributed by atoms with E-state index in [-0.39, 0.29) is 0 Å². The molecule has 1 heterocycles. The zero-order valence-corrected chi connectivity index (χ0v) is 13.6. The van der Waals surface area contributed by atoms with E-state index in [0.717, 1.165) is 35.8 Å². The van der Waals surface area contributed by atoms with E-state index in [9.17, 15) is 0 Å². The van der Waals surface area contributed by atoms with Gasteiger partial charge in [-0.15, -0.1) is 0 Å². The lowest BCUT2D eigenvalue weighted by molar-refractivity contribution is -0.122. The number of likely N-dealkylation sites (tertiary alicyclic amines) is 1. The summed E-state index contributed by atoms with van der Waals surface area (Å²) in [6.45, 7) is 6.31. The lowest BCUT2D eigenvalue weighted by Gasteiger charge is -2.63. The van der Waals surface area contributed by atoms with E-state index in [0.29, 0.717) is 5.54 Å². The largest absolute Gasteiger partial charge is 0.317 e. The van der Waals surface area contributed by atoms with E-state index in [1.165, 1.54) is 32.2 Å². The minimum absolute atomic E-state index is 0.612. The van der Waals surface area contributed by atoms with E-state index in [1.54, 1.807) is 19.3 Å². The number of hydrogen-bond acceptors (Lipinski definition) is 2. The monoisotopic (exact) mass is 276 g/mol. The fraction of sp³-hybridized carbons (Fsp3) is 1.00. The normalized spacial score (nSPS) is 55.4. The second-order valence-corrected chi connectivity index (χ2v) is 8.62. The van der Waals surface area contributed by atoms with Crippen molar-refractivity contribution in [3.8, 4) is 0 Å². The fourth-order valence-corrected chi connectivity index (χ4v) is 6.86. The molecule has 5 rings (SSSR count). The summed E-state index contributed by atoms with van der Waals surface area (Å²) in [5, 5.41) is 3.55. The predicted molar refractivity (Wildman–Crippen MR) is 83.7 cm³/mol. The highest BCUT2D eigenvalue weighted by atomic mass is 15.3. The summed E-state index contributed by atoms with van der Waals surface area (Å²) < 4.78 is 0. The van der Waals surface area contributed by atoms with Gasteiger partial charge in [-0.2, -0.15) is 0 Å². The van der Waals surface area contributed by atoms with Gasteiger partial charge in [-0.05, 0) is 82.6 Å². The molecule has 5 fully saturated rings. The second kappa shape index (κ2) is 4.71. The van der Waals surface area contributed by atoms with Crippen molar-refractivity contribution in [3.63, 3.8) is 0 Å². The summed E-state index contributed by atoms with van der Waals surface area (Å²) in [5.41, 5.74) is 0.612. The van der Waals surface area contributed by atoms with E-state index >= 15 is 0 Å². The Morgan fingerprint density at radius 1 is 0.950 bits per heavy atom. The summed E-state index contributed by atoms with van der Waals surface area (Å²) in [7, 11) is 2.15. The summed E-state index contributed by atoms with van der Waals surface area (Å²) in [4.78, 5) is 2.98. The minimum atomic E-state index is 0.612. The molecule has 0 radical (unpaired) electrons. The van der Waals surface area contributed by atoms with Gasteiger partial charge >= 0.3 is 0 Å². The molecule has 4 saturated carbocycles. The maximum atomic E-state index is 3.55. The Morgan fingerprint density at radius 2 is 1.50 bits per heavy atom. The van der Waals surface area contributed by atoms with Crippen LogP contribution >= 0.6 is 0 Å². The minimum Gasteiger partial charge on any atom is -0.317 e. The second-order valence-electron chi connectivity index (χ2n) is 8.62. The van der Waals surface area contributed by atoms with Gasteiger partial charge in [0.2, 0.25) is 0 Å². The fourth-order valence-electron chi connectivity index (χ4n) is 6.86. The van der Waals surface area contributed by atoms with Crippen molar-refractivity contribution in [2.45, 2.75) is 76.4 Å². The Balaban J connectivity index is 1.58. The van der Waals surface area contributed by atoms with Gasteiger partial charge in [0, 0.05) is 24.2 Å². The molecule has 1 aliphatic heterocycles. The predicted octanol–water partition coefficient (Wildman–Crippen LogP) is 3.27. The van der Waals surface area contributed by atoms with Crippen LogP contribution in [0.5, 0.6) is 0 Å². The highest BCUT2D eigenvalue weighted by Crippen LogP contribution is 2.58. The van der Waals surface area contributed by atoms with Crippen LogP contribution in [-0.2, 0) is 0 Å². The summed E-state index contributed by atoms with van der Waals surface area (Å²) in [6.07, 6.45) is 10.6. The van der Waals surface area contributed by atoms with Crippen molar-refractivity contribution in [1.82, 2.24) is 10.2 Å². The number of nitrogens with one attached hydrogen (secondary N) is 1. The van der Waals surface area contributed by atoms with E-state index in [1.807, 2.05) is 0 Å². The molecule has 1 saturated heterocycles. The molecule has 0 amide bonds. The van der Waals surface area contributed by atoms with E-state index < -0.39 is 0 Å². The van der Waals surface area contributed by atoms with Crippen molar-refractivity contribution < 1.29 is 0 Å². The standard InChI is InChI=1S/C18H32N2/c1-12-13(2)20(5-4-17(12)19-3)18-9-14-6-15(10-18)8-16(7-14)11-18/h12-17,19H,4-11H2,1-3H3. The Morgan fingerprint density at radius 3 is 2.00 bits per heavy atom. The van der Waals surface area contributed by atoms with Gasteiger partial charge in [0.05, 0.1) is 0 Å². The van der Waals surface area contributed by atoms with Gasteiger partial charge in [0.25, 0.3) is 0 Å². The molecule has 3 unspecified atom stereocenters. The van der Waals surface area contributed by atoms with Crippen LogP contribution < -0.4 is 5.32 Å². The van der Waals surface area contributed by atoms with Crippen LogP contribution in [0.25, 0.3) is 0 Å². The highest BCUT2D eigenvalue weighted by Gasteiger charge is 2.55. The Labute approximate surface area is 124 Å². The summed E-state index contributed by atoms with van der Waals surface area (Å²) in [6, 6.07) is 1.49. The molecule has 20 heavy (non-hydrogen) atoms. The first-order valence-electron chi connectivity index (χ1n) is 9.05. The lowest BCUT2D eigenvalue weighted by atomic mass is 9.52. The first kappa shape index (κ1) is 13.6. The van der Waals surface area contributed by atoms with Gasteiger partial charge in [0.1, 0.15) is 0 Å². The zero-order chi connectivity index (χ0) is 13.9. The lowest BCUT2D eigenvalue weighted by Crippen LogP contribution is -2.66. The number of hydrogen-bond donors (Lipinski definition) is 1. The molecular weight excluding hydrogens is 244 g/mol. The third kappa shape index (κ3) is 1.90. The molecule has 114 valence electrons. The zero-order valence-electron chi connectivity index (χ0n) is 13.6. The molecule has 2 heteroatoms. The van der Waals surface area contributed by atoms with Gasteiger partial charge < -0.3 is 5.32 Å². The average Bonchev–Trinajstić information content (AvgIpc) is 2.40. The molecule has 1 N–H and O–H groups in total. The molecule has 0 aromatic heterocycles. The Kier molecular flexibility index (Phi) is 3.20. The smallest absolute Gasteiger partial charge is 0.0220 e. The first-order chi connectivity index (χ1) is 9.61. The number of nitrogens with zero attached hydrogens (tertiary/aromatic N) is 1. The van der Waals surface area contributed by atoms with Gasteiger partial charge in [-0.1, -0.05) is 6.92 Å². The van der Waals surface area contributed by atoms with Crippen LogP contribution in [0.4, 0.5) is 0 Å². The van der Waals surface area contributed by atoms with Crippen LogP contribution in [0.15, 0.2) is 0 Å². The van der Waals surface area contributed by atoms with Crippen molar-refractivity contribution in [2.75, 3.05) is 13.6 Å². The number of rotatable bonds is 2. The molecule has 4 aliphatic carbocycles. The maximum Gasteiger partial charge on any atom is 0.0220 e. The topological polar surface area (TPSA) is 15.3 Å². The quantitative estimate of drug-likeness (QED) is 0.833. The van der Waals surface area contributed by atoms with Crippen LogP contribution in [0, 0.1) is 23.7 Å². The van der Waals surface area contributed by atoms with Crippen molar-refractivity contribution >= 4 is 0 Å². The third-order valence-electron chi connectivity index (χ3n) is 7.55. The average molecular weight is 276 g/mol. The maximum absolute atomic E-state index is 3.55. The molecule has 5 aliphatic rings. The SMILES string of the molecule is CNC1CCN(C23CC4CC(CC(C4)C2)C3)C(C)C1C. The molecule has 3 atom stereocenters. The molecule has 4 bridgehead atoms. The van der Waals surface area contributed by atoms with Crippen molar-refractivity contribution in [2.24, 2.45) is 23.7 Å². The molecule has 0 aromatic carbocycles. The van der Waals surface area contributed by atoms with Gasteiger partial charge in [-0.25, -0.2) is 0 Å². The summed E-state index contributed by atoms with van der Waals surface area (Å²) >= 11 is 0. The third-order valence-corrected chi connectivity index (χ3v) is 7.55. The Hall–Kier alpha value is -0.0800. The van der Waals surface area contributed by atoms with Gasteiger partial charge in [-0.3, -0.25) is 4.90 Å². The van der Waals surface area contributed by atoms with Crippen LogP contribution in [0.1, 0.15) is 58.8 Å².